The van der Waals surface area contributed by atoms with Crippen LogP contribution in [0, 0.1) is 0 Å². The van der Waals surface area contributed by atoms with Gasteiger partial charge in [-0.05, 0) is 12.8 Å². The summed E-state index contributed by atoms with van der Waals surface area (Å²) < 4.78 is 11.5. The Morgan fingerprint density at radius 2 is 0.727 bits per heavy atom. The lowest BCUT2D eigenvalue weighted by molar-refractivity contribution is 0.00569. The van der Waals surface area contributed by atoms with Crippen LogP contribution >= 0.6 is 0 Å². The second-order valence-electron chi connectivity index (χ2n) is 13.4. The van der Waals surface area contributed by atoms with Gasteiger partial charge in [-0.15, -0.1) is 0 Å². The molecule has 6 nitrogen and oxygen atoms in total. The predicted molar refractivity (Wildman–Crippen MR) is 189 cm³/mol. The zero-order chi connectivity index (χ0) is 32.2. The number of aliphatic hydroxyl groups is 3. The Morgan fingerprint density at radius 3 is 1.02 bits per heavy atom. The third-order valence-electron chi connectivity index (χ3n) is 8.92. The minimum atomic E-state index is -0.390. The molecule has 0 aromatic heterocycles. The van der Waals surface area contributed by atoms with Gasteiger partial charge in [0.1, 0.15) is 0 Å². The van der Waals surface area contributed by atoms with E-state index in [1.54, 1.807) is 0 Å². The molecule has 44 heavy (non-hydrogen) atoms. The van der Waals surface area contributed by atoms with E-state index in [2.05, 4.69) is 18.7 Å². The van der Waals surface area contributed by atoms with Crippen LogP contribution in [0.25, 0.3) is 0 Å². The quantitative estimate of drug-likeness (QED) is 0.0591. The highest BCUT2D eigenvalue weighted by Crippen LogP contribution is 2.14. The molecule has 0 radical (unpaired) electrons. The van der Waals surface area contributed by atoms with Gasteiger partial charge in [-0.1, -0.05) is 168 Å². The molecule has 3 N–H and O–H groups in total. The summed E-state index contributed by atoms with van der Waals surface area (Å²) in [5.74, 6) is 0. The summed E-state index contributed by atoms with van der Waals surface area (Å²) >= 11 is 0. The average molecular weight is 630 g/mol. The van der Waals surface area contributed by atoms with Crippen molar-refractivity contribution in [2.24, 2.45) is 0 Å². The molecule has 266 valence electrons. The minimum Gasteiger partial charge on any atom is -0.395 e. The molecule has 0 fully saturated rings. The highest BCUT2D eigenvalue weighted by molar-refractivity contribution is 4.60. The fraction of sp³-hybridized carbons (Fsp3) is 1.00. The van der Waals surface area contributed by atoms with Gasteiger partial charge in [0.05, 0.1) is 45.2 Å². The minimum absolute atomic E-state index is 0.100. The highest BCUT2D eigenvalue weighted by atomic mass is 16.5. The number of hydrogen-bond donors (Lipinski definition) is 3. The van der Waals surface area contributed by atoms with E-state index in [1.165, 1.54) is 141 Å². The molecule has 0 saturated heterocycles. The average Bonchev–Trinajstić information content (AvgIpc) is 3.02. The summed E-state index contributed by atoms with van der Waals surface area (Å²) in [6, 6.07) is 0. The van der Waals surface area contributed by atoms with Crippen molar-refractivity contribution in [2.45, 2.75) is 193 Å². The molecule has 0 aromatic rings. The van der Waals surface area contributed by atoms with Gasteiger partial charge in [-0.2, -0.15) is 0 Å². The van der Waals surface area contributed by atoms with Crippen molar-refractivity contribution < 1.29 is 24.8 Å². The Balaban J connectivity index is 3.56. The molecular weight excluding hydrogens is 550 g/mol. The normalized spacial score (nSPS) is 13.2. The monoisotopic (exact) mass is 630 g/mol. The highest BCUT2D eigenvalue weighted by Gasteiger charge is 2.09. The van der Waals surface area contributed by atoms with Crippen molar-refractivity contribution >= 4 is 0 Å². The summed E-state index contributed by atoms with van der Waals surface area (Å²) in [7, 11) is 0. The van der Waals surface area contributed by atoms with Gasteiger partial charge < -0.3 is 24.8 Å². The smallest absolute Gasteiger partial charge is 0.0773 e. The second kappa shape index (κ2) is 37.2. The summed E-state index contributed by atoms with van der Waals surface area (Å²) in [5.41, 5.74) is 0. The molecule has 2 unspecified atom stereocenters. The molecule has 0 heterocycles. The SMILES string of the molecule is CCCCCCCCCCCCCCC(O)COCCN(CCO)CCOCC(O)CCCCCCCCCCCCCC. The zero-order valence-corrected chi connectivity index (χ0v) is 29.8. The van der Waals surface area contributed by atoms with Crippen LogP contribution in [0.1, 0.15) is 181 Å². The maximum absolute atomic E-state index is 10.2. The van der Waals surface area contributed by atoms with Gasteiger partial charge in [0, 0.05) is 19.6 Å². The first-order valence-electron chi connectivity index (χ1n) is 19.5. The molecule has 0 aliphatic rings. The zero-order valence-electron chi connectivity index (χ0n) is 29.8. The Hall–Kier alpha value is -0.240. The molecule has 6 heteroatoms. The topological polar surface area (TPSA) is 82.4 Å². The number of aliphatic hydroxyl groups excluding tert-OH is 3. The molecule has 0 saturated carbocycles. The lowest BCUT2D eigenvalue weighted by Gasteiger charge is -2.22. The van der Waals surface area contributed by atoms with E-state index in [4.69, 9.17) is 9.47 Å². The summed E-state index contributed by atoms with van der Waals surface area (Å²) in [5, 5.41) is 29.9. The van der Waals surface area contributed by atoms with E-state index < -0.39 is 0 Å². The van der Waals surface area contributed by atoms with Crippen LogP contribution in [0.3, 0.4) is 0 Å². The van der Waals surface area contributed by atoms with Crippen LogP contribution in [0.5, 0.6) is 0 Å². The maximum Gasteiger partial charge on any atom is 0.0773 e. The number of rotatable bonds is 38. The molecule has 0 rings (SSSR count). The number of ether oxygens (including phenoxy) is 2. The van der Waals surface area contributed by atoms with Gasteiger partial charge in [0.25, 0.3) is 0 Å². The molecule has 0 aromatic carbocycles. The Morgan fingerprint density at radius 1 is 0.432 bits per heavy atom. The summed E-state index contributed by atoms with van der Waals surface area (Å²) in [6.07, 6.45) is 32.7. The number of nitrogens with zero attached hydrogens (tertiary/aromatic N) is 1. The van der Waals surface area contributed by atoms with E-state index in [-0.39, 0.29) is 18.8 Å². The number of hydrogen-bond acceptors (Lipinski definition) is 6. The maximum atomic E-state index is 10.2. The first-order valence-corrected chi connectivity index (χ1v) is 19.5. The Bertz CT molecular complexity index is 481. The largest absolute Gasteiger partial charge is 0.395 e. The lowest BCUT2D eigenvalue weighted by atomic mass is 10.0. The van der Waals surface area contributed by atoms with Crippen LogP contribution in [-0.4, -0.2) is 85.1 Å². The molecule has 0 amide bonds. The van der Waals surface area contributed by atoms with E-state index in [1.807, 2.05) is 0 Å². The second-order valence-corrected chi connectivity index (χ2v) is 13.4. The third-order valence-corrected chi connectivity index (χ3v) is 8.92. The number of unbranched alkanes of at least 4 members (excludes halogenated alkanes) is 22. The van der Waals surface area contributed by atoms with Crippen molar-refractivity contribution in [1.29, 1.82) is 0 Å². The Labute approximate surface area is 275 Å². The molecule has 0 bridgehead atoms. The van der Waals surface area contributed by atoms with Crippen molar-refractivity contribution in [3.8, 4) is 0 Å². The first-order chi connectivity index (χ1) is 21.6. The summed E-state index contributed by atoms with van der Waals surface area (Å²) in [6.45, 7) is 8.47. The fourth-order valence-electron chi connectivity index (χ4n) is 5.91. The standard InChI is InChI=1S/C38H79NO5/c1-3-5-7-9-11-13-15-17-19-21-23-25-27-37(41)35-43-33-30-39(29-32-40)31-34-44-36-38(42)28-26-24-22-20-18-16-14-12-10-8-6-4-2/h37-38,40-42H,3-36H2,1-2H3. The van der Waals surface area contributed by atoms with Gasteiger partial charge in [0.15, 0.2) is 0 Å². The van der Waals surface area contributed by atoms with Gasteiger partial charge in [0.2, 0.25) is 0 Å². The van der Waals surface area contributed by atoms with Crippen molar-refractivity contribution in [3.63, 3.8) is 0 Å². The van der Waals surface area contributed by atoms with Crippen molar-refractivity contribution in [1.82, 2.24) is 4.90 Å². The van der Waals surface area contributed by atoms with Crippen LogP contribution < -0.4 is 0 Å². The van der Waals surface area contributed by atoms with Gasteiger partial charge >= 0.3 is 0 Å². The molecule has 0 aliphatic carbocycles. The van der Waals surface area contributed by atoms with E-state index >= 15 is 0 Å². The molecular formula is C38H79NO5. The van der Waals surface area contributed by atoms with Gasteiger partial charge in [-0.25, -0.2) is 0 Å². The van der Waals surface area contributed by atoms with Crippen LogP contribution in [0.4, 0.5) is 0 Å². The van der Waals surface area contributed by atoms with Crippen molar-refractivity contribution in [2.75, 3.05) is 52.7 Å². The molecule has 2 atom stereocenters. The predicted octanol–water partition coefficient (Wildman–Crippen LogP) is 9.22. The molecule has 0 spiro atoms. The van der Waals surface area contributed by atoms with Crippen LogP contribution in [-0.2, 0) is 9.47 Å². The first kappa shape index (κ1) is 43.8. The van der Waals surface area contributed by atoms with Gasteiger partial charge in [-0.3, -0.25) is 4.90 Å². The van der Waals surface area contributed by atoms with Crippen LogP contribution in [0.2, 0.25) is 0 Å². The van der Waals surface area contributed by atoms with Crippen molar-refractivity contribution in [3.05, 3.63) is 0 Å². The summed E-state index contributed by atoms with van der Waals surface area (Å²) in [4.78, 5) is 2.12. The lowest BCUT2D eigenvalue weighted by Crippen LogP contribution is -2.34. The van der Waals surface area contributed by atoms with E-state index in [0.717, 1.165) is 25.7 Å². The van der Waals surface area contributed by atoms with Crippen LogP contribution in [0.15, 0.2) is 0 Å². The third kappa shape index (κ3) is 34.6. The fourth-order valence-corrected chi connectivity index (χ4v) is 5.91. The molecule has 0 aliphatic heterocycles. The van der Waals surface area contributed by atoms with E-state index in [0.29, 0.717) is 46.1 Å². The Kier molecular flexibility index (Phi) is 37.0. The van der Waals surface area contributed by atoms with E-state index in [9.17, 15) is 15.3 Å².